The van der Waals surface area contributed by atoms with E-state index in [1.165, 1.54) is 13.0 Å². The van der Waals surface area contributed by atoms with Crippen molar-refractivity contribution in [3.63, 3.8) is 0 Å². The Balaban J connectivity index is 2.16. The van der Waals surface area contributed by atoms with Crippen molar-refractivity contribution in [2.45, 2.75) is 26.7 Å². The summed E-state index contributed by atoms with van der Waals surface area (Å²) in [6.45, 7) is 8.12. The van der Waals surface area contributed by atoms with Gasteiger partial charge >= 0.3 is 5.97 Å². The topological polar surface area (TPSA) is 52.6 Å². The Kier molecular flexibility index (Phi) is 4.74. The Hall–Kier alpha value is -0.610. The molecule has 1 rings (SSSR count). The average molecular weight is 228 g/mol. The zero-order valence-electron chi connectivity index (χ0n) is 10.6. The van der Waals surface area contributed by atoms with Gasteiger partial charge < -0.3 is 15.3 Å². The third-order valence-corrected chi connectivity index (χ3v) is 3.16. The van der Waals surface area contributed by atoms with Crippen LogP contribution in [0, 0.1) is 11.3 Å². The van der Waals surface area contributed by atoms with Crippen LogP contribution in [0.2, 0.25) is 0 Å². The van der Waals surface area contributed by atoms with Gasteiger partial charge in [-0.1, -0.05) is 13.8 Å². The largest absolute Gasteiger partial charge is 0.481 e. The highest BCUT2D eigenvalue weighted by molar-refractivity contribution is 5.67. The molecule has 0 aromatic heterocycles. The van der Waals surface area contributed by atoms with Crippen molar-refractivity contribution < 1.29 is 9.90 Å². The first kappa shape index (κ1) is 13.5. The van der Waals surface area contributed by atoms with Gasteiger partial charge in [-0.2, -0.15) is 0 Å². The summed E-state index contributed by atoms with van der Waals surface area (Å²) in [7, 11) is 2.15. The van der Waals surface area contributed by atoms with Crippen LogP contribution in [0.25, 0.3) is 0 Å². The van der Waals surface area contributed by atoms with Crippen molar-refractivity contribution in [1.82, 2.24) is 10.2 Å². The first-order valence-corrected chi connectivity index (χ1v) is 6.00. The maximum atomic E-state index is 10.6. The predicted molar refractivity (Wildman–Crippen MR) is 64.5 cm³/mol. The molecule has 1 aliphatic heterocycles. The molecule has 1 atom stereocenters. The molecule has 1 unspecified atom stereocenters. The second-order valence-corrected chi connectivity index (χ2v) is 5.78. The summed E-state index contributed by atoms with van der Waals surface area (Å²) in [5.41, 5.74) is -0.156. The van der Waals surface area contributed by atoms with Gasteiger partial charge in [0.2, 0.25) is 0 Å². The Morgan fingerprint density at radius 2 is 2.25 bits per heavy atom. The van der Waals surface area contributed by atoms with Crippen molar-refractivity contribution in [3.05, 3.63) is 0 Å². The second kappa shape index (κ2) is 5.64. The van der Waals surface area contributed by atoms with Crippen molar-refractivity contribution in [1.29, 1.82) is 0 Å². The molecule has 0 saturated carbocycles. The number of carboxylic acid groups (broad SMARTS) is 1. The monoisotopic (exact) mass is 228 g/mol. The Morgan fingerprint density at radius 1 is 1.56 bits per heavy atom. The van der Waals surface area contributed by atoms with Gasteiger partial charge in [0, 0.05) is 13.1 Å². The van der Waals surface area contributed by atoms with Crippen LogP contribution < -0.4 is 5.32 Å². The van der Waals surface area contributed by atoms with Crippen molar-refractivity contribution in [2.75, 3.05) is 33.2 Å². The van der Waals surface area contributed by atoms with Gasteiger partial charge in [-0.05, 0) is 37.9 Å². The smallest absolute Gasteiger partial charge is 0.303 e. The lowest BCUT2D eigenvalue weighted by Gasteiger charge is -2.24. The molecule has 0 spiro atoms. The highest BCUT2D eigenvalue weighted by Crippen LogP contribution is 2.19. The minimum atomic E-state index is -0.715. The van der Waals surface area contributed by atoms with E-state index < -0.39 is 5.97 Å². The molecular weight excluding hydrogens is 204 g/mol. The van der Waals surface area contributed by atoms with E-state index in [2.05, 4.69) is 17.3 Å². The minimum Gasteiger partial charge on any atom is -0.481 e. The highest BCUT2D eigenvalue weighted by Gasteiger charge is 2.23. The molecule has 0 bridgehead atoms. The lowest BCUT2D eigenvalue weighted by atomic mass is 9.89. The van der Waals surface area contributed by atoms with E-state index in [0.29, 0.717) is 0 Å². The fourth-order valence-electron chi connectivity index (χ4n) is 2.28. The van der Waals surface area contributed by atoms with Crippen LogP contribution in [-0.4, -0.2) is 49.2 Å². The summed E-state index contributed by atoms with van der Waals surface area (Å²) in [6.07, 6.45) is 1.48. The number of likely N-dealkylation sites (tertiary alicyclic amines) is 1. The van der Waals surface area contributed by atoms with E-state index in [0.717, 1.165) is 25.6 Å². The molecule has 0 amide bonds. The molecule has 0 aromatic carbocycles. The van der Waals surface area contributed by atoms with Crippen LogP contribution in [0.3, 0.4) is 0 Å². The summed E-state index contributed by atoms with van der Waals surface area (Å²) in [5.74, 6) is 0.0121. The molecular formula is C12H24N2O2. The van der Waals surface area contributed by atoms with E-state index in [1.807, 2.05) is 13.8 Å². The number of nitrogens with one attached hydrogen (secondary N) is 1. The van der Waals surface area contributed by atoms with Crippen molar-refractivity contribution in [3.8, 4) is 0 Å². The Labute approximate surface area is 98.0 Å². The number of carbonyl (C=O) groups is 1. The molecule has 4 nitrogen and oxygen atoms in total. The quantitative estimate of drug-likeness (QED) is 0.713. The molecule has 0 aliphatic carbocycles. The molecule has 0 radical (unpaired) electrons. The third kappa shape index (κ3) is 4.94. The molecule has 94 valence electrons. The predicted octanol–water partition coefficient (Wildman–Crippen LogP) is 1.03. The van der Waals surface area contributed by atoms with Crippen LogP contribution in [0.1, 0.15) is 26.7 Å². The van der Waals surface area contributed by atoms with Gasteiger partial charge in [-0.15, -0.1) is 0 Å². The summed E-state index contributed by atoms with van der Waals surface area (Å²) in [6, 6.07) is 0. The SMILES string of the molecule is CN1CCC(CNCC(C)(C)CC(=O)O)C1. The summed E-state index contributed by atoms with van der Waals surface area (Å²) >= 11 is 0. The molecule has 1 saturated heterocycles. The zero-order chi connectivity index (χ0) is 12.2. The lowest BCUT2D eigenvalue weighted by molar-refractivity contribution is -0.139. The molecule has 4 heteroatoms. The Bertz CT molecular complexity index is 241. The fourth-order valence-corrected chi connectivity index (χ4v) is 2.28. The number of nitrogens with zero attached hydrogens (tertiary/aromatic N) is 1. The van der Waals surface area contributed by atoms with E-state index in [-0.39, 0.29) is 11.8 Å². The van der Waals surface area contributed by atoms with Gasteiger partial charge in [-0.25, -0.2) is 0 Å². The highest BCUT2D eigenvalue weighted by atomic mass is 16.4. The minimum absolute atomic E-state index is 0.156. The van der Waals surface area contributed by atoms with Gasteiger partial charge in [0.15, 0.2) is 0 Å². The molecule has 1 fully saturated rings. The molecule has 1 aliphatic rings. The summed E-state index contributed by atoms with van der Waals surface area (Å²) < 4.78 is 0. The van der Waals surface area contributed by atoms with Crippen LogP contribution in [0.4, 0.5) is 0 Å². The van der Waals surface area contributed by atoms with Crippen LogP contribution in [0.5, 0.6) is 0 Å². The van der Waals surface area contributed by atoms with Gasteiger partial charge in [0.1, 0.15) is 0 Å². The van der Waals surface area contributed by atoms with Crippen LogP contribution in [-0.2, 0) is 4.79 Å². The van der Waals surface area contributed by atoms with Gasteiger partial charge in [0.05, 0.1) is 6.42 Å². The third-order valence-electron chi connectivity index (χ3n) is 3.16. The number of rotatable bonds is 6. The fraction of sp³-hybridized carbons (Fsp3) is 0.917. The summed E-state index contributed by atoms with van der Waals surface area (Å²) in [5, 5.41) is 12.2. The first-order valence-electron chi connectivity index (χ1n) is 6.00. The maximum Gasteiger partial charge on any atom is 0.303 e. The number of aliphatic carboxylic acids is 1. The van der Waals surface area contributed by atoms with E-state index in [4.69, 9.17) is 5.11 Å². The molecule has 2 N–H and O–H groups in total. The maximum absolute atomic E-state index is 10.6. The molecule has 1 heterocycles. The van der Waals surface area contributed by atoms with Crippen LogP contribution >= 0.6 is 0 Å². The molecule has 0 aromatic rings. The standard InChI is InChI=1S/C12H24N2O2/c1-12(2,6-11(15)16)9-13-7-10-4-5-14(3)8-10/h10,13H,4-9H2,1-3H3,(H,15,16). The second-order valence-electron chi connectivity index (χ2n) is 5.78. The van der Waals surface area contributed by atoms with E-state index >= 15 is 0 Å². The molecule has 16 heavy (non-hydrogen) atoms. The number of hydrogen-bond donors (Lipinski definition) is 2. The Morgan fingerprint density at radius 3 is 2.75 bits per heavy atom. The number of hydrogen-bond acceptors (Lipinski definition) is 3. The van der Waals surface area contributed by atoms with Crippen molar-refractivity contribution >= 4 is 5.97 Å². The zero-order valence-corrected chi connectivity index (χ0v) is 10.6. The van der Waals surface area contributed by atoms with Gasteiger partial charge in [-0.3, -0.25) is 4.79 Å². The van der Waals surface area contributed by atoms with Gasteiger partial charge in [0.25, 0.3) is 0 Å². The summed E-state index contributed by atoms with van der Waals surface area (Å²) in [4.78, 5) is 13.0. The normalized spacial score (nSPS) is 22.6. The average Bonchev–Trinajstić information content (AvgIpc) is 2.48. The lowest BCUT2D eigenvalue weighted by Crippen LogP contribution is -2.34. The number of carboxylic acids is 1. The first-order chi connectivity index (χ1) is 7.39. The van der Waals surface area contributed by atoms with Crippen molar-refractivity contribution in [2.24, 2.45) is 11.3 Å². The van der Waals surface area contributed by atoms with E-state index in [1.54, 1.807) is 0 Å². The van der Waals surface area contributed by atoms with E-state index in [9.17, 15) is 4.79 Å². The van der Waals surface area contributed by atoms with Crippen LogP contribution in [0.15, 0.2) is 0 Å².